The van der Waals surface area contributed by atoms with E-state index in [4.69, 9.17) is 4.74 Å². The fourth-order valence-corrected chi connectivity index (χ4v) is 3.22. The minimum absolute atomic E-state index is 0.0398. The van der Waals surface area contributed by atoms with E-state index < -0.39 is 10.0 Å². The molecule has 120 valence electrons. The summed E-state index contributed by atoms with van der Waals surface area (Å²) in [5.41, 5.74) is 1.30. The molecule has 23 heavy (non-hydrogen) atoms. The van der Waals surface area contributed by atoms with Gasteiger partial charge in [-0.1, -0.05) is 0 Å². The molecule has 0 aliphatic rings. The lowest BCUT2D eigenvalue weighted by Crippen LogP contribution is -2.13. The minimum Gasteiger partial charge on any atom is -0.491 e. The third-order valence-electron chi connectivity index (χ3n) is 3.16. The van der Waals surface area contributed by atoms with Gasteiger partial charge in [0.05, 0.1) is 22.2 Å². The van der Waals surface area contributed by atoms with E-state index in [0.717, 1.165) is 5.52 Å². The van der Waals surface area contributed by atoms with Gasteiger partial charge >= 0.3 is 0 Å². The first-order valence-electron chi connectivity index (χ1n) is 7.17. The van der Waals surface area contributed by atoms with E-state index in [0.29, 0.717) is 11.4 Å². The summed E-state index contributed by atoms with van der Waals surface area (Å²) >= 11 is 0. The van der Waals surface area contributed by atoms with E-state index in [-0.39, 0.29) is 11.0 Å². The summed E-state index contributed by atoms with van der Waals surface area (Å²) in [7, 11) is -3.65. The molecule has 0 fully saturated rings. The highest BCUT2D eigenvalue weighted by molar-refractivity contribution is 7.92. The number of fused-ring (bicyclic) bond motifs is 1. The number of hydrogen-bond donors (Lipinski definition) is 1. The van der Waals surface area contributed by atoms with Gasteiger partial charge in [0.25, 0.3) is 10.0 Å². The maximum atomic E-state index is 12.4. The Bertz CT molecular complexity index is 915. The average Bonchev–Trinajstić information content (AvgIpc) is 2.94. The quantitative estimate of drug-likeness (QED) is 0.780. The van der Waals surface area contributed by atoms with E-state index in [1.807, 2.05) is 13.8 Å². The summed E-state index contributed by atoms with van der Waals surface area (Å²) in [6, 6.07) is 11.5. The number of nitrogens with zero attached hydrogens (tertiary/aromatic N) is 2. The van der Waals surface area contributed by atoms with Crippen molar-refractivity contribution in [3.8, 4) is 5.75 Å². The van der Waals surface area contributed by atoms with Gasteiger partial charge < -0.3 is 4.74 Å². The van der Waals surface area contributed by atoms with Crippen LogP contribution in [0, 0.1) is 0 Å². The monoisotopic (exact) mass is 331 g/mol. The highest BCUT2D eigenvalue weighted by Gasteiger charge is 2.14. The molecule has 0 unspecified atom stereocenters. The van der Waals surface area contributed by atoms with Crippen LogP contribution in [0.2, 0.25) is 0 Å². The number of ether oxygens (including phenoxy) is 1. The van der Waals surface area contributed by atoms with Crippen LogP contribution in [0.25, 0.3) is 5.52 Å². The van der Waals surface area contributed by atoms with Crippen LogP contribution in [-0.4, -0.2) is 24.1 Å². The van der Waals surface area contributed by atoms with Crippen molar-refractivity contribution in [1.29, 1.82) is 0 Å². The zero-order valence-corrected chi connectivity index (χ0v) is 13.6. The topological polar surface area (TPSA) is 72.7 Å². The van der Waals surface area contributed by atoms with Gasteiger partial charge in [0.15, 0.2) is 0 Å². The van der Waals surface area contributed by atoms with Gasteiger partial charge in [0.2, 0.25) is 0 Å². The third-order valence-corrected chi connectivity index (χ3v) is 4.55. The molecule has 0 radical (unpaired) electrons. The van der Waals surface area contributed by atoms with Gasteiger partial charge in [-0.3, -0.25) is 4.72 Å². The number of pyridine rings is 1. The first-order valence-corrected chi connectivity index (χ1v) is 8.65. The Morgan fingerprint density at radius 2 is 1.87 bits per heavy atom. The maximum absolute atomic E-state index is 12.4. The van der Waals surface area contributed by atoms with Gasteiger partial charge in [-0.2, -0.15) is 5.10 Å². The van der Waals surface area contributed by atoms with Crippen molar-refractivity contribution < 1.29 is 13.2 Å². The summed E-state index contributed by atoms with van der Waals surface area (Å²) in [4.78, 5) is 0.182. The van der Waals surface area contributed by atoms with Crippen LogP contribution in [0.3, 0.4) is 0 Å². The number of rotatable bonds is 5. The van der Waals surface area contributed by atoms with Crippen LogP contribution in [0.4, 0.5) is 5.69 Å². The average molecular weight is 331 g/mol. The van der Waals surface area contributed by atoms with Crippen LogP contribution in [0.15, 0.2) is 59.8 Å². The number of aromatic nitrogens is 2. The normalized spacial score (nSPS) is 11.8. The summed E-state index contributed by atoms with van der Waals surface area (Å²) in [6.07, 6.45) is 3.39. The molecule has 1 N–H and O–H groups in total. The van der Waals surface area contributed by atoms with Crippen molar-refractivity contribution in [2.75, 3.05) is 4.72 Å². The second kappa shape index (κ2) is 5.92. The molecule has 0 saturated carbocycles. The van der Waals surface area contributed by atoms with E-state index in [1.54, 1.807) is 47.2 Å². The van der Waals surface area contributed by atoms with Gasteiger partial charge in [0.1, 0.15) is 5.75 Å². The Balaban J connectivity index is 1.83. The fourth-order valence-electron chi connectivity index (χ4n) is 2.17. The summed E-state index contributed by atoms with van der Waals surface area (Å²) in [5.74, 6) is 0.639. The first kappa shape index (κ1) is 15.4. The molecule has 0 aliphatic carbocycles. The van der Waals surface area contributed by atoms with Crippen molar-refractivity contribution in [2.24, 2.45) is 0 Å². The van der Waals surface area contributed by atoms with E-state index in [1.165, 1.54) is 12.1 Å². The van der Waals surface area contributed by atoms with Gasteiger partial charge in [0, 0.05) is 12.4 Å². The van der Waals surface area contributed by atoms with Crippen molar-refractivity contribution >= 4 is 21.2 Å². The van der Waals surface area contributed by atoms with Crippen LogP contribution < -0.4 is 9.46 Å². The predicted octanol–water partition coefficient (Wildman–Crippen LogP) is 2.92. The Kier molecular flexibility index (Phi) is 3.96. The van der Waals surface area contributed by atoms with Gasteiger partial charge in [-0.15, -0.1) is 0 Å². The zero-order chi connectivity index (χ0) is 16.4. The minimum atomic E-state index is -3.65. The lowest BCUT2D eigenvalue weighted by molar-refractivity contribution is 0.242. The van der Waals surface area contributed by atoms with E-state index in [9.17, 15) is 8.42 Å². The molecule has 2 heterocycles. The van der Waals surface area contributed by atoms with Crippen LogP contribution >= 0.6 is 0 Å². The highest BCUT2D eigenvalue weighted by Crippen LogP contribution is 2.20. The summed E-state index contributed by atoms with van der Waals surface area (Å²) in [6.45, 7) is 3.83. The molecule has 3 rings (SSSR count). The lowest BCUT2D eigenvalue weighted by Gasteiger charge is -2.11. The predicted molar refractivity (Wildman–Crippen MR) is 88.2 cm³/mol. The summed E-state index contributed by atoms with van der Waals surface area (Å²) in [5, 5.41) is 4.07. The molecule has 0 amide bonds. The largest absolute Gasteiger partial charge is 0.491 e. The van der Waals surface area contributed by atoms with Crippen LogP contribution in [0.5, 0.6) is 5.75 Å². The summed E-state index contributed by atoms with van der Waals surface area (Å²) < 4.78 is 34.6. The Morgan fingerprint density at radius 1 is 1.13 bits per heavy atom. The highest BCUT2D eigenvalue weighted by atomic mass is 32.2. The molecule has 2 aromatic heterocycles. The van der Waals surface area contributed by atoms with Crippen LogP contribution in [-0.2, 0) is 10.0 Å². The fraction of sp³-hybridized carbons (Fsp3) is 0.188. The number of hydrogen-bond acceptors (Lipinski definition) is 4. The SMILES string of the molecule is CC(C)Oc1ccc(S(=O)(=O)Nc2ccn3nccc3c2)cc1. The smallest absolute Gasteiger partial charge is 0.261 e. The van der Waals surface area contributed by atoms with E-state index in [2.05, 4.69) is 9.82 Å². The molecule has 7 heteroatoms. The second-order valence-electron chi connectivity index (χ2n) is 5.36. The number of benzene rings is 1. The molecule has 3 aromatic rings. The second-order valence-corrected chi connectivity index (χ2v) is 7.04. The first-order chi connectivity index (χ1) is 10.9. The van der Waals surface area contributed by atoms with Crippen LogP contribution in [0.1, 0.15) is 13.8 Å². The zero-order valence-electron chi connectivity index (χ0n) is 12.8. The van der Waals surface area contributed by atoms with Crippen molar-refractivity contribution in [3.05, 3.63) is 54.9 Å². The molecule has 0 bridgehead atoms. The third kappa shape index (κ3) is 3.45. The molecule has 0 aliphatic heterocycles. The molecular weight excluding hydrogens is 314 g/mol. The molecule has 0 spiro atoms. The standard InChI is InChI=1S/C16H17N3O3S/c1-12(2)22-15-3-5-16(6-4-15)23(20,21)18-13-8-10-19-14(11-13)7-9-17-19/h3-12,18H,1-2H3. The Labute approximate surface area is 134 Å². The van der Waals surface area contributed by atoms with Gasteiger partial charge in [-0.25, -0.2) is 12.9 Å². The van der Waals surface area contributed by atoms with Crippen molar-refractivity contribution in [1.82, 2.24) is 9.61 Å². The lowest BCUT2D eigenvalue weighted by atomic mass is 10.3. The number of nitrogens with one attached hydrogen (secondary N) is 1. The maximum Gasteiger partial charge on any atom is 0.261 e. The Hall–Kier alpha value is -2.54. The molecule has 0 atom stereocenters. The van der Waals surface area contributed by atoms with Crippen molar-refractivity contribution in [2.45, 2.75) is 24.8 Å². The van der Waals surface area contributed by atoms with Gasteiger partial charge in [-0.05, 0) is 56.3 Å². The molecule has 6 nitrogen and oxygen atoms in total. The van der Waals surface area contributed by atoms with E-state index >= 15 is 0 Å². The Morgan fingerprint density at radius 3 is 2.57 bits per heavy atom. The molecule has 1 aromatic carbocycles. The number of sulfonamides is 1. The van der Waals surface area contributed by atoms with Crippen molar-refractivity contribution in [3.63, 3.8) is 0 Å². The number of anilines is 1. The molecular formula is C16H17N3O3S. The molecule has 0 saturated heterocycles.